The monoisotopic (exact) mass is 132 g/mol. The predicted octanol–water partition coefficient (Wildman–Crippen LogP) is 0.507. The first-order chi connectivity index (χ1) is 4.09. The molecule has 0 radical (unpaired) electrons. The molecule has 4 heteroatoms. The summed E-state index contributed by atoms with van der Waals surface area (Å²) in [5.41, 5.74) is -0.197. The van der Waals surface area contributed by atoms with E-state index in [-0.39, 0.29) is 5.57 Å². The van der Waals surface area contributed by atoms with E-state index in [2.05, 4.69) is 4.74 Å². The average Bonchev–Trinajstić information content (AvgIpc) is 1.84. The smallest absolute Gasteiger partial charge is 0.338 e. The Morgan fingerprint density at radius 2 is 1.89 bits per heavy atom. The third kappa shape index (κ3) is 2.03. The van der Waals surface area contributed by atoms with Crippen LogP contribution in [0.5, 0.6) is 0 Å². The van der Waals surface area contributed by atoms with E-state index in [4.69, 9.17) is 10.2 Å². The lowest BCUT2D eigenvalue weighted by molar-refractivity contribution is -0.133. The number of hydrogen-bond acceptors (Lipinski definition) is 3. The zero-order valence-corrected chi connectivity index (χ0v) is 5.21. The number of hydrogen-bond donors (Lipinski definition) is 2. The predicted molar refractivity (Wildman–Crippen MR) is 30.0 cm³/mol. The quantitative estimate of drug-likeness (QED) is 0.424. The molecule has 52 valence electrons. The van der Waals surface area contributed by atoms with Crippen LogP contribution in [-0.4, -0.2) is 23.3 Å². The minimum atomic E-state index is -1.19. The summed E-state index contributed by atoms with van der Waals surface area (Å²) in [6.45, 7) is 1.25. The van der Waals surface area contributed by atoms with Crippen LogP contribution in [0.25, 0.3) is 0 Å². The van der Waals surface area contributed by atoms with E-state index in [1.807, 2.05) is 0 Å². The van der Waals surface area contributed by atoms with Gasteiger partial charge in [-0.25, -0.2) is 4.79 Å². The van der Waals surface area contributed by atoms with Crippen LogP contribution in [0.2, 0.25) is 0 Å². The molecular formula is C5H8O4. The van der Waals surface area contributed by atoms with Crippen LogP contribution in [0, 0.1) is 0 Å². The molecule has 0 bridgehead atoms. The highest BCUT2D eigenvalue weighted by Crippen LogP contribution is 1.99. The number of carboxylic acid groups (broad SMARTS) is 1. The number of carbonyl (C=O) groups is 1. The minimum absolute atomic E-state index is 0.197. The third-order valence-electron chi connectivity index (χ3n) is 0.835. The van der Waals surface area contributed by atoms with E-state index >= 15 is 0 Å². The molecule has 9 heavy (non-hydrogen) atoms. The van der Waals surface area contributed by atoms with Crippen LogP contribution in [0.1, 0.15) is 6.92 Å². The first-order valence-electron chi connectivity index (χ1n) is 2.26. The molecule has 0 aromatic rings. The van der Waals surface area contributed by atoms with Gasteiger partial charge in [0.25, 0.3) is 5.95 Å². The molecule has 0 heterocycles. The van der Waals surface area contributed by atoms with Crippen LogP contribution in [0.4, 0.5) is 0 Å². The first-order valence-corrected chi connectivity index (χ1v) is 2.26. The highest BCUT2D eigenvalue weighted by molar-refractivity contribution is 5.85. The lowest BCUT2D eigenvalue weighted by Crippen LogP contribution is -2.01. The normalized spacial score (nSPS) is 12.2. The zero-order chi connectivity index (χ0) is 7.44. The Hall–Kier alpha value is -1.19. The van der Waals surface area contributed by atoms with Crippen LogP contribution in [0.3, 0.4) is 0 Å². The fraction of sp³-hybridized carbons (Fsp3) is 0.400. The molecule has 0 aliphatic carbocycles. The molecule has 0 fully saturated rings. The molecule has 4 nitrogen and oxygen atoms in total. The zero-order valence-electron chi connectivity index (χ0n) is 5.21. The summed E-state index contributed by atoms with van der Waals surface area (Å²) >= 11 is 0. The number of carboxylic acids is 1. The van der Waals surface area contributed by atoms with E-state index in [0.717, 1.165) is 0 Å². The van der Waals surface area contributed by atoms with Gasteiger partial charge in [-0.15, -0.1) is 0 Å². The number of aliphatic hydroxyl groups excluding tert-OH is 1. The van der Waals surface area contributed by atoms with Crippen molar-refractivity contribution in [1.29, 1.82) is 0 Å². The Morgan fingerprint density at radius 3 is 2.00 bits per heavy atom. The maximum absolute atomic E-state index is 10.0. The van der Waals surface area contributed by atoms with Crippen LogP contribution in [-0.2, 0) is 9.53 Å². The van der Waals surface area contributed by atoms with Crippen LogP contribution >= 0.6 is 0 Å². The van der Waals surface area contributed by atoms with Gasteiger partial charge in [-0.05, 0) is 6.92 Å². The molecule has 2 N–H and O–H groups in total. The van der Waals surface area contributed by atoms with Crippen molar-refractivity contribution < 1.29 is 19.7 Å². The van der Waals surface area contributed by atoms with Crippen LogP contribution < -0.4 is 0 Å². The lowest BCUT2D eigenvalue weighted by atomic mass is 10.3. The fourth-order valence-corrected chi connectivity index (χ4v) is 0.245. The average molecular weight is 132 g/mol. The highest BCUT2D eigenvalue weighted by atomic mass is 16.6. The summed E-state index contributed by atoms with van der Waals surface area (Å²) in [5.74, 6) is -1.74. The number of methoxy groups -OCH3 is 1. The van der Waals surface area contributed by atoms with Gasteiger partial charge in [0.05, 0.1) is 7.11 Å². The van der Waals surface area contributed by atoms with Gasteiger partial charge in [-0.2, -0.15) is 0 Å². The molecule has 0 aromatic heterocycles. The summed E-state index contributed by atoms with van der Waals surface area (Å²) < 4.78 is 4.23. The summed E-state index contributed by atoms with van der Waals surface area (Å²) in [5, 5.41) is 16.8. The van der Waals surface area contributed by atoms with Gasteiger partial charge < -0.3 is 14.9 Å². The standard InChI is InChI=1S/C5H8O4/c1-3(4(6)7)5(8)9-2/h8H,1-2H3,(H,6,7). The molecule has 0 amide bonds. The van der Waals surface area contributed by atoms with Crippen LogP contribution in [0.15, 0.2) is 11.5 Å². The molecule has 0 saturated carbocycles. The molecule has 0 atom stereocenters. The van der Waals surface area contributed by atoms with E-state index in [0.29, 0.717) is 0 Å². The van der Waals surface area contributed by atoms with Crippen molar-refractivity contribution in [2.45, 2.75) is 6.92 Å². The van der Waals surface area contributed by atoms with Crippen molar-refractivity contribution in [3.05, 3.63) is 11.5 Å². The van der Waals surface area contributed by atoms with Gasteiger partial charge in [-0.3, -0.25) is 0 Å². The molecule has 0 saturated heterocycles. The van der Waals surface area contributed by atoms with E-state index < -0.39 is 11.9 Å². The van der Waals surface area contributed by atoms with Crippen molar-refractivity contribution in [2.24, 2.45) is 0 Å². The molecule has 0 unspecified atom stereocenters. The second kappa shape index (κ2) is 2.96. The van der Waals surface area contributed by atoms with Gasteiger partial charge in [0.1, 0.15) is 5.57 Å². The van der Waals surface area contributed by atoms with Crippen molar-refractivity contribution >= 4 is 5.97 Å². The fourth-order valence-electron chi connectivity index (χ4n) is 0.245. The number of rotatable bonds is 2. The molecule has 0 spiro atoms. The van der Waals surface area contributed by atoms with Gasteiger partial charge in [-0.1, -0.05) is 0 Å². The van der Waals surface area contributed by atoms with Crippen molar-refractivity contribution in [1.82, 2.24) is 0 Å². The third-order valence-corrected chi connectivity index (χ3v) is 0.835. The molecule has 0 aromatic carbocycles. The SMILES string of the molecule is COC(O)=C(C)C(=O)O. The summed E-state index contributed by atoms with van der Waals surface area (Å²) in [6.07, 6.45) is 0. The summed E-state index contributed by atoms with van der Waals surface area (Å²) in [7, 11) is 1.20. The summed E-state index contributed by atoms with van der Waals surface area (Å²) in [4.78, 5) is 10.0. The Bertz CT molecular complexity index is 147. The Labute approximate surface area is 52.4 Å². The maximum atomic E-state index is 10.0. The van der Waals surface area contributed by atoms with Gasteiger partial charge in [0.2, 0.25) is 0 Å². The maximum Gasteiger partial charge on any atom is 0.338 e. The Balaban J connectivity index is 4.28. The second-order valence-electron chi connectivity index (χ2n) is 1.44. The largest absolute Gasteiger partial charge is 0.481 e. The van der Waals surface area contributed by atoms with Gasteiger partial charge in [0.15, 0.2) is 0 Å². The number of ether oxygens (including phenoxy) is 1. The highest BCUT2D eigenvalue weighted by Gasteiger charge is 2.06. The second-order valence-corrected chi connectivity index (χ2v) is 1.44. The van der Waals surface area contributed by atoms with Crippen molar-refractivity contribution in [3.63, 3.8) is 0 Å². The van der Waals surface area contributed by atoms with Gasteiger partial charge in [0, 0.05) is 0 Å². The van der Waals surface area contributed by atoms with E-state index in [1.165, 1.54) is 14.0 Å². The van der Waals surface area contributed by atoms with E-state index in [1.54, 1.807) is 0 Å². The van der Waals surface area contributed by atoms with Crippen molar-refractivity contribution in [3.8, 4) is 0 Å². The van der Waals surface area contributed by atoms with Crippen molar-refractivity contribution in [2.75, 3.05) is 7.11 Å². The Morgan fingerprint density at radius 1 is 1.44 bits per heavy atom. The molecule has 0 aliphatic rings. The first kappa shape index (κ1) is 7.81. The van der Waals surface area contributed by atoms with E-state index in [9.17, 15) is 4.79 Å². The summed E-state index contributed by atoms with van der Waals surface area (Å²) in [6, 6.07) is 0. The molecular weight excluding hydrogens is 124 g/mol. The Kier molecular flexibility index (Phi) is 2.57. The topological polar surface area (TPSA) is 66.8 Å². The minimum Gasteiger partial charge on any atom is -0.481 e. The lowest BCUT2D eigenvalue weighted by Gasteiger charge is -1.97. The molecule has 0 rings (SSSR count). The number of aliphatic hydroxyl groups is 1. The number of aliphatic carboxylic acids is 1. The van der Waals surface area contributed by atoms with Gasteiger partial charge >= 0.3 is 5.97 Å². The molecule has 0 aliphatic heterocycles.